The van der Waals surface area contributed by atoms with E-state index < -0.39 is 10.5 Å². The Balaban J connectivity index is 2.37. The van der Waals surface area contributed by atoms with Crippen molar-refractivity contribution in [2.75, 3.05) is 0 Å². The fourth-order valence-electron chi connectivity index (χ4n) is 1.55. The Morgan fingerprint density at radius 3 is 2.80 bits per heavy atom. The van der Waals surface area contributed by atoms with E-state index >= 15 is 0 Å². The standard InChI is InChI=1S/C13H10N2O5/c1-8-5-12(16)11(13(17)20-8)7-14-9-3-2-4-10(6-9)15(18)19/h2-7,16H,1H3. The smallest absolute Gasteiger partial charge is 0.348 e. The molecule has 1 heterocycles. The largest absolute Gasteiger partial charge is 0.507 e. The number of hydrogen-bond acceptors (Lipinski definition) is 6. The quantitative estimate of drug-likeness (QED) is 0.525. The number of aryl methyl sites for hydroxylation is 1. The molecule has 7 nitrogen and oxygen atoms in total. The molecule has 0 unspecified atom stereocenters. The summed E-state index contributed by atoms with van der Waals surface area (Å²) in [6.45, 7) is 1.53. The van der Waals surface area contributed by atoms with E-state index in [1.807, 2.05) is 0 Å². The van der Waals surface area contributed by atoms with Crippen LogP contribution in [0.3, 0.4) is 0 Å². The Kier molecular flexibility index (Phi) is 3.60. The first-order chi connectivity index (χ1) is 9.47. The molecule has 0 bridgehead atoms. The van der Waals surface area contributed by atoms with Gasteiger partial charge in [0.2, 0.25) is 0 Å². The first-order valence-electron chi connectivity index (χ1n) is 5.59. The summed E-state index contributed by atoms with van der Waals surface area (Å²) in [5.41, 5.74) is -0.655. The SMILES string of the molecule is Cc1cc(O)c(C=Nc2cccc([N+](=O)[O-])c2)c(=O)o1. The molecule has 1 aromatic heterocycles. The van der Waals surface area contributed by atoms with Crippen LogP contribution in [-0.4, -0.2) is 16.2 Å². The van der Waals surface area contributed by atoms with E-state index in [0.29, 0.717) is 5.69 Å². The van der Waals surface area contributed by atoms with Crippen LogP contribution >= 0.6 is 0 Å². The first kappa shape index (κ1) is 13.5. The maximum absolute atomic E-state index is 11.5. The van der Waals surface area contributed by atoms with Gasteiger partial charge >= 0.3 is 5.63 Å². The molecular formula is C13H10N2O5. The highest BCUT2D eigenvalue weighted by molar-refractivity contribution is 5.84. The molecule has 0 saturated heterocycles. The van der Waals surface area contributed by atoms with Crippen LogP contribution in [0.5, 0.6) is 5.75 Å². The van der Waals surface area contributed by atoms with Gasteiger partial charge in [0.25, 0.3) is 5.69 Å². The second-order valence-electron chi connectivity index (χ2n) is 3.98. The highest BCUT2D eigenvalue weighted by Gasteiger charge is 2.08. The molecular weight excluding hydrogens is 264 g/mol. The Morgan fingerprint density at radius 1 is 1.40 bits per heavy atom. The molecule has 0 aliphatic heterocycles. The molecule has 1 aromatic carbocycles. The maximum atomic E-state index is 11.5. The van der Waals surface area contributed by atoms with Gasteiger partial charge in [-0.2, -0.15) is 0 Å². The van der Waals surface area contributed by atoms with Crippen molar-refractivity contribution in [3.8, 4) is 5.75 Å². The number of aliphatic imine (C=N–C) groups is 1. The van der Waals surface area contributed by atoms with E-state index in [1.165, 1.54) is 37.3 Å². The zero-order valence-electron chi connectivity index (χ0n) is 10.4. The third kappa shape index (κ3) is 2.89. The van der Waals surface area contributed by atoms with Crippen LogP contribution in [0.2, 0.25) is 0 Å². The normalized spacial score (nSPS) is 10.8. The lowest BCUT2D eigenvalue weighted by Crippen LogP contribution is -2.07. The van der Waals surface area contributed by atoms with E-state index in [9.17, 15) is 20.0 Å². The minimum absolute atomic E-state index is 0.109. The molecule has 102 valence electrons. The van der Waals surface area contributed by atoms with E-state index in [0.717, 1.165) is 6.21 Å². The third-order valence-corrected chi connectivity index (χ3v) is 2.47. The molecule has 7 heteroatoms. The topological polar surface area (TPSA) is 106 Å². The molecule has 0 spiro atoms. The monoisotopic (exact) mass is 274 g/mol. The van der Waals surface area contributed by atoms with Gasteiger partial charge in [0.15, 0.2) is 0 Å². The van der Waals surface area contributed by atoms with Crippen LogP contribution in [0.4, 0.5) is 11.4 Å². The van der Waals surface area contributed by atoms with Crippen LogP contribution in [0, 0.1) is 17.0 Å². The minimum Gasteiger partial charge on any atom is -0.507 e. The Morgan fingerprint density at radius 2 is 2.15 bits per heavy atom. The predicted octanol–water partition coefficient (Wildman–Crippen LogP) is 2.31. The van der Waals surface area contributed by atoms with Crippen molar-refractivity contribution in [2.45, 2.75) is 6.92 Å². The van der Waals surface area contributed by atoms with Gasteiger partial charge in [-0.1, -0.05) is 6.07 Å². The van der Waals surface area contributed by atoms with Crippen LogP contribution in [0.15, 0.2) is 44.5 Å². The molecule has 0 radical (unpaired) electrons. The summed E-state index contributed by atoms with van der Waals surface area (Å²) < 4.78 is 4.82. The Hall–Kier alpha value is -2.96. The third-order valence-electron chi connectivity index (χ3n) is 2.47. The van der Waals surface area contributed by atoms with Gasteiger partial charge in [-0.05, 0) is 13.0 Å². The van der Waals surface area contributed by atoms with Crippen molar-refractivity contribution >= 4 is 17.6 Å². The van der Waals surface area contributed by atoms with Crippen molar-refractivity contribution in [3.05, 3.63) is 62.2 Å². The zero-order chi connectivity index (χ0) is 14.7. The summed E-state index contributed by atoms with van der Waals surface area (Å²) in [5.74, 6) is 0.0212. The second kappa shape index (κ2) is 5.35. The lowest BCUT2D eigenvalue weighted by atomic mass is 10.2. The summed E-state index contributed by atoms with van der Waals surface area (Å²) in [4.78, 5) is 25.5. The van der Waals surface area contributed by atoms with Crippen molar-refractivity contribution in [2.24, 2.45) is 4.99 Å². The van der Waals surface area contributed by atoms with E-state index in [1.54, 1.807) is 0 Å². The van der Waals surface area contributed by atoms with Gasteiger partial charge in [0.05, 0.1) is 10.6 Å². The summed E-state index contributed by atoms with van der Waals surface area (Å²) in [6, 6.07) is 6.88. The molecule has 2 rings (SSSR count). The van der Waals surface area contributed by atoms with Crippen molar-refractivity contribution in [1.29, 1.82) is 0 Å². The van der Waals surface area contributed by atoms with Crippen molar-refractivity contribution in [1.82, 2.24) is 0 Å². The number of benzene rings is 1. The van der Waals surface area contributed by atoms with Gasteiger partial charge < -0.3 is 9.52 Å². The molecule has 0 saturated carbocycles. The molecule has 0 atom stereocenters. The average Bonchev–Trinajstić information content (AvgIpc) is 2.37. The molecule has 20 heavy (non-hydrogen) atoms. The lowest BCUT2D eigenvalue weighted by Gasteiger charge is -1.98. The Bertz CT molecular complexity index is 749. The number of non-ortho nitro benzene ring substituents is 1. The van der Waals surface area contributed by atoms with Crippen molar-refractivity contribution < 1.29 is 14.4 Å². The average molecular weight is 274 g/mol. The summed E-state index contributed by atoms with van der Waals surface area (Å²) in [5, 5.41) is 20.3. The fourth-order valence-corrected chi connectivity index (χ4v) is 1.55. The van der Waals surface area contributed by atoms with Gasteiger partial charge in [-0.25, -0.2) is 4.79 Å². The highest BCUT2D eigenvalue weighted by Crippen LogP contribution is 2.20. The number of aromatic hydroxyl groups is 1. The molecule has 0 aliphatic carbocycles. The summed E-state index contributed by atoms with van der Waals surface area (Å²) >= 11 is 0. The van der Waals surface area contributed by atoms with Gasteiger partial charge in [0, 0.05) is 24.4 Å². The van der Waals surface area contributed by atoms with Crippen LogP contribution < -0.4 is 5.63 Å². The van der Waals surface area contributed by atoms with Gasteiger partial charge in [0.1, 0.15) is 17.1 Å². The van der Waals surface area contributed by atoms with Crippen LogP contribution in [-0.2, 0) is 0 Å². The molecule has 2 aromatic rings. The number of nitro groups is 1. The van der Waals surface area contributed by atoms with Gasteiger partial charge in [-0.3, -0.25) is 15.1 Å². The zero-order valence-corrected chi connectivity index (χ0v) is 10.4. The van der Waals surface area contributed by atoms with E-state index in [4.69, 9.17) is 4.42 Å². The van der Waals surface area contributed by atoms with Crippen LogP contribution in [0.1, 0.15) is 11.3 Å². The highest BCUT2D eigenvalue weighted by atomic mass is 16.6. The molecule has 0 amide bonds. The number of nitro benzene ring substituents is 1. The molecule has 0 fully saturated rings. The Labute approximate surface area is 113 Å². The minimum atomic E-state index is -0.725. The van der Waals surface area contributed by atoms with E-state index in [-0.39, 0.29) is 22.8 Å². The van der Waals surface area contributed by atoms with Crippen LogP contribution in [0.25, 0.3) is 0 Å². The second-order valence-corrected chi connectivity index (χ2v) is 3.98. The number of rotatable bonds is 3. The van der Waals surface area contributed by atoms with Crippen molar-refractivity contribution in [3.63, 3.8) is 0 Å². The maximum Gasteiger partial charge on any atom is 0.348 e. The summed E-state index contributed by atoms with van der Waals surface area (Å²) in [7, 11) is 0. The van der Waals surface area contributed by atoms with Gasteiger partial charge in [-0.15, -0.1) is 0 Å². The number of nitrogens with zero attached hydrogens (tertiary/aromatic N) is 2. The first-order valence-corrected chi connectivity index (χ1v) is 5.59. The predicted molar refractivity (Wildman–Crippen MR) is 71.7 cm³/mol. The molecule has 1 N–H and O–H groups in total. The fraction of sp³-hybridized carbons (Fsp3) is 0.0769. The summed E-state index contributed by atoms with van der Waals surface area (Å²) in [6.07, 6.45) is 1.11. The molecule has 0 aliphatic rings. The lowest BCUT2D eigenvalue weighted by molar-refractivity contribution is -0.384. The number of hydrogen-bond donors (Lipinski definition) is 1. The van der Waals surface area contributed by atoms with E-state index in [2.05, 4.69) is 4.99 Å².